The third-order valence-electron chi connectivity index (χ3n) is 2.77. The average molecular weight is 249 g/mol. The largest absolute Gasteiger partial charge is 0.380 e. The van der Waals surface area contributed by atoms with Gasteiger partial charge in [-0.3, -0.25) is 4.79 Å². The van der Waals surface area contributed by atoms with Crippen molar-refractivity contribution >= 4 is 5.78 Å². The molecule has 1 aromatic carbocycles. The Morgan fingerprint density at radius 2 is 1.89 bits per heavy atom. The number of nitrogens with one attached hydrogen (secondary N) is 1. The van der Waals surface area contributed by atoms with E-state index in [1.165, 1.54) is 0 Å². The van der Waals surface area contributed by atoms with Crippen molar-refractivity contribution in [3.05, 3.63) is 35.9 Å². The van der Waals surface area contributed by atoms with Gasteiger partial charge in [0, 0.05) is 18.7 Å². The molecule has 0 saturated carbocycles. The van der Waals surface area contributed by atoms with Crippen molar-refractivity contribution < 1.29 is 9.53 Å². The van der Waals surface area contributed by atoms with Gasteiger partial charge in [-0.25, -0.2) is 0 Å². The third-order valence-corrected chi connectivity index (χ3v) is 2.77. The topological polar surface area (TPSA) is 38.3 Å². The minimum atomic E-state index is -0.559. The van der Waals surface area contributed by atoms with Crippen LogP contribution in [0.25, 0.3) is 0 Å². The zero-order valence-electron chi connectivity index (χ0n) is 11.5. The van der Waals surface area contributed by atoms with Crippen molar-refractivity contribution in [1.29, 1.82) is 0 Å². The molecule has 1 rings (SSSR count). The van der Waals surface area contributed by atoms with Gasteiger partial charge < -0.3 is 10.1 Å². The first-order valence-electron chi connectivity index (χ1n) is 6.50. The van der Waals surface area contributed by atoms with E-state index >= 15 is 0 Å². The van der Waals surface area contributed by atoms with Crippen molar-refractivity contribution in [2.24, 2.45) is 0 Å². The van der Waals surface area contributed by atoms with Crippen LogP contribution in [0.15, 0.2) is 30.3 Å². The molecule has 0 aliphatic heterocycles. The van der Waals surface area contributed by atoms with Gasteiger partial charge in [0.1, 0.15) is 0 Å². The lowest BCUT2D eigenvalue weighted by Gasteiger charge is -2.25. The fourth-order valence-electron chi connectivity index (χ4n) is 1.71. The zero-order valence-corrected chi connectivity index (χ0v) is 11.5. The maximum absolute atomic E-state index is 12.3. The maximum atomic E-state index is 12.3. The number of carbonyl (C=O) groups is 1. The SMILES string of the molecule is CCCOCCNC(C)(C)C(=O)c1ccccc1. The van der Waals surface area contributed by atoms with Gasteiger partial charge in [0.2, 0.25) is 0 Å². The molecule has 3 heteroatoms. The summed E-state index contributed by atoms with van der Waals surface area (Å²) in [5, 5.41) is 3.24. The molecule has 0 unspecified atom stereocenters. The first kappa shape index (κ1) is 14.9. The van der Waals surface area contributed by atoms with Crippen LogP contribution in [0.1, 0.15) is 37.6 Å². The van der Waals surface area contributed by atoms with Crippen LogP contribution < -0.4 is 5.32 Å². The highest BCUT2D eigenvalue weighted by atomic mass is 16.5. The molecule has 0 fully saturated rings. The monoisotopic (exact) mass is 249 g/mol. The van der Waals surface area contributed by atoms with Gasteiger partial charge in [-0.2, -0.15) is 0 Å². The summed E-state index contributed by atoms with van der Waals surface area (Å²) in [5.41, 5.74) is 0.182. The first-order chi connectivity index (χ1) is 8.58. The Morgan fingerprint density at radius 1 is 1.22 bits per heavy atom. The molecule has 3 nitrogen and oxygen atoms in total. The Bertz CT molecular complexity index is 360. The van der Waals surface area contributed by atoms with E-state index < -0.39 is 5.54 Å². The van der Waals surface area contributed by atoms with Crippen LogP contribution in [-0.2, 0) is 4.74 Å². The van der Waals surface area contributed by atoms with Gasteiger partial charge in [-0.15, -0.1) is 0 Å². The maximum Gasteiger partial charge on any atom is 0.182 e. The van der Waals surface area contributed by atoms with Crippen LogP contribution >= 0.6 is 0 Å². The Labute approximate surface area is 110 Å². The van der Waals surface area contributed by atoms with Crippen molar-refractivity contribution in [3.63, 3.8) is 0 Å². The molecule has 0 amide bonds. The van der Waals surface area contributed by atoms with Gasteiger partial charge >= 0.3 is 0 Å². The van der Waals surface area contributed by atoms with E-state index in [2.05, 4.69) is 12.2 Å². The summed E-state index contributed by atoms with van der Waals surface area (Å²) in [6, 6.07) is 9.37. The molecule has 1 aromatic rings. The smallest absolute Gasteiger partial charge is 0.182 e. The number of carbonyl (C=O) groups excluding carboxylic acids is 1. The fraction of sp³-hybridized carbons (Fsp3) is 0.533. The van der Waals surface area contributed by atoms with E-state index in [0.717, 1.165) is 18.6 Å². The van der Waals surface area contributed by atoms with Crippen molar-refractivity contribution in [3.8, 4) is 0 Å². The lowest BCUT2D eigenvalue weighted by Crippen LogP contribution is -2.48. The molecule has 0 aliphatic carbocycles. The number of hydrogen-bond acceptors (Lipinski definition) is 3. The second kappa shape index (κ2) is 7.29. The first-order valence-corrected chi connectivity index (χ1v) is 6.50. The van der Waals surface area contributed by atoms with Crippen LogP contribution in [0.3, 0.4) is 0 Å². The molecule has 0 aliphatic rings. The van der Waals surface area contributed by atoms with Crippen LogP contribution in [0.2, 0.25) is 0 Å². The van der Waals surface area contributed by atoms with Crippen molar-refractivity contribution in [1.82, 2.24) is 5.32 Å². The molecular formula is C15H23NO2. The molecule has 0 heterocycles. The van der Waals surface area contributed by atoms with Gasteiger partial charge in [0.15, 0.2) is 5.78 Å². The van der Waals surface area contributed by atoms with Crippen LogP contribution in [-0.4, -0.2) is 31.1 Å². The van der Waals surface area contributed by atoms with Gasteiger partial charge in [-0.05, 0) is 20.3 Å². The molecule has 0 saturated heterocycles. The Balaban J connectivity index is 2.45. The Morgan fingerprint density at radius 3 is 2.50 bits per heavy atom. The predicted molar refractivity (Wildman–Crippen MR) is 74.0 cm³/mol. The van der Waals surface area contributed by atoms with E-state index in [1.807, 2.05) is 44.2 Å². The fourth-order valence-corrected chi connectivity index (χ4v) is 1.71. The van der Waals surface area contributed by atoms with Crippen LogP contribution in [0.4, 0.5) is 0 Å². The molecule has 0 spiro atoms. The number of hydrogen-bond donors (Lipinski definition) is 1. The zero-order chi connectivity index (χ0) is 13.4. The molecule has 0 atom stereocenters. The van der Waals surface area contributed by atoms with Crippen LogP contribution in [0, 0.1) is 0 Å². The highest BCUT2D eigenvalue weighted by molar-refractivity contribution is 6.02. The number of ketones is 1. The van der Waals surface area contributed by atoms with Gasteiger partial charge in [0.25, 0.3) is 0 Å². The van der Waals surface area contributed by atoms with E-state index in [0.29, 0.717) is 13.2 Å². The molecule has 0 bridgehead atoms. The summed E-state index contributed by atoms with van der Waals surface area (Å²) in [6.07, 6.45) is 1.02. The molecule has 1 N–H and O–H groups in total. The summed E-state index contributed by atoms with van der Waals surface area (Å²) in [5.74, 6) is 0.110. The van der Waals surface area contributed by atoms with Crippen molar-refractivity contribution in [2.45, 2.75) is 32.7 Å². The Hall–Kier alpha value is -1.19. The summed E-state index contributed by atoms with van der Waals surface area (Å²) in [6.45, 7) is 7.99. The summed E-state index contributed by atoms with van der Waals surface area (Å²) < 4.78 is 5.39. The number of benzene rings is 1. The van der Waals surface area contributed by atoms with E-state index in [4.69, 9.17) is 4.74 Å². The summed E-state index contributed by atoms with van der Waals surface area (Å²) in [7, 11) is 0. The molecule has 18 heavy (non-hydrogen) atoms. The average Bonchev–Trinajstić information content (AvgIpc) is 2.38. The second-order valence-electron chi connectivity index (χ2n) is 4.86. The van der Waals surface area contributed by atoms with E-state index in [1.54, 1.807) is 0 Å². The van der Waals surface area contributed by atoms with E-state index in [-0.39, 0.29) is 5.78 Å². The normalized spacial score (nSPS) is 11.5. The van der Waals surface area contributed by atoms with Crippen LogP contribution in [0.5, 0.6) is 0 Å². The van der Waals surface area contributed by atoms with Gasteiger partial charge in [0.05, 0.1) is 12.1 Å². The Kier molecular flexibility index (Phi) is 6.02. The number of Topliss-reactive ketones (excluding diaryl/α,β-unsaturated/α-hetero) is 1. The minimum absolute atomic E-state index is 0.110. The minimum Gasteiger partial charge on any atom is -0.380 e. The van der Waals surface area contributed by atoms with E-state index in [9.17, 15) is 4.79 Å². The third kappa shape index (κ3) is 4.59. The molecular weight excluding hydrogens is 226 g/mol. The number of rotatable bonds is 8. The van der Waals surface area contributed by atoms with Gasteiger partial charge in [-0.1, -0.05) is 37.3 Å². The lowest BCUT2D eigenvalue weighted by molar-refractivity contribution is 0.0857. The highest BCUT2D eigenvalue weighted by Gasteiger charge is 2.27. The summed E-state index contributed by atoms with van der Waals surface area (Å²) >= 11 is 0. The number of ether oxygens (including phenoxy) is 1. The standard InChI is InChI=1S/C15H23NO2/c1-4-11-18-12-10-16-15(2,3)14(17)13-8-6-5-7-9-13/h5-9,16H,4,10-12H2,1-3H3. The molecule has 0 aromatic heterocycles. The summed E-state index contributed by atoms with van der Waals surface area (Å²) in [4.78, 5) is 12.3. The quantitative estimate of drug-likeness (QED) is 0.568. The second-order valence-corrected chi connectivity index (χ2v) is 4.86. The molecule has 100 valence electrons. The highest BCUT2D eigenvalue weighted by Crippen LogP contribution is 2.12. The molecule has 0 radical (unpaired) electrons. The lowest BCUT2D eigenvalue weighted by atomic mass is 9.93. The van der Waals surface area contributed by atoms with Crippen molar-refractivity contribution in [2.75, 3.05) is 19.8 Å². The predicted octanol–water partition coefficient (Wildman–Crippen LogP) is 2.66.